The molecule has 1 aliphatic heterocycles. The highest BCUT2D eigenvalue weighted by Gasteiger charge is 2.22. The summed E-state index contributed by atoms with van der Waals surface area (Å²) < 4.78 is 5.60. The molecule has 1 N–H and O–H groups in total. The second-order valence-corrected chi connectivity index (χ2v) is 6.24. The molecule has 0 radical (unpaired) electrons. The third-order valence-corrected chi connectivity index (χ3v) is 4.45. The van der Waals surface area contributed by atoms with Crippen LogP contribution < -0.4 is 5.32 Å². The van der Waals surface area contributed by atoms with Crippen molar-refractivity contribution >= 4 is 0 Å². The first-order valence-corrected chi connectivity index (χ1v) is 8.81. The summed E-state index contributed by atoms with van der Waals surface area (Å²) >= 11 is 0. The number of ether oxygens (including phenoxy) is 1. The average molecular weight is 284 g/mol. The molecule has 3 nitrogen and oxygen atoms in total. The summed E-state index contributed by atoms with van der Waals surface area (Å²) in [7, 11) is 0. The van der Waals surface area contributed by atoms with Crippen LogP contribution in [0.4, 0.5) is 0 Å². The van der Waals surface area contributed by atoms with E-state index in [2.05, 4.69) is 31.0 Å². The topological polar surface area (TPSA) is 24.5 Å². The number of hydrogen-bond donors (Lipinski definition) is 1. The minimum absolute atomic E-state index is 0.661. The van der Waals surface area contributed by atoms with Gasteiger partial charge in [-0.1, -0.05) is 20.3 Å². The summed E-state index contributed by atoms with van der Waals surface area (Å²) in [6.45, 7) is 13.7. The molecule has 0 amide bonds. The van der Waals surface area contributed by atoms with Crippen LogP contribution in [0.15, 0.2) is 0 Å². The predicted molar refractivity (Wildman–Crippen MR) is 87.3 cm³/mol. The molecule has 1 unspecified atom stereocenters. The molecule has 1 atom stereocenters. The molecule has 0 aromatic heterocycles. The maximum absolute atomic E-state index is 5.60. The van der Waals surface area contributed by atoms with E-state index < -0.39 is 0 Å². The van der Waals surface area contributed by atoms with Gasteiger partial charge < -0.3 is 15.0 Å². The normalized spacial score (nSPS) is 19.4. The molecule has 0 spiro atoms. The number of rotatable bonds is 11. The maximum atomic E-state index is 5.60. The Labute approximate surface area is 126 Å². The Hall–Kier alpha value is -0.120. The SMILES string of the molecule is CCCCOCCCNC(C)C1CCN(CCC)CC1. The van der Waals surface area contributed by atoms with Crippen molar-refractivity contribution in [2.45, 2.75) is 65.3 Å². The van der Waals surface area contributed by atoms with Gasteiger partial charge in [0.1, 0.15) is 0 Å². The summed E-state index contributed by atoms with van der Waals surface area (Å²) in [5.41, 5.74) is 0. The van der Waals surface area contributed by atoms with Crippen molar-refractivity contribution in [1.82, 2.24) is 10.2 Å². The Morgan fingerprint density at radius 1 is 1.10 bits per heavy atom. The lowest BCUT2D eigenvalue weighted by atomic mass is 9.90. The van der Waals surface area contributed by atoms with Crippen molar-refractivity contribution in [2.24, 2.45) is 5.92 Å². The van der Waals surface area contributed by atoms with Gasteiger partial charge in [0.2, 0.25) is 0 Å². The first kappa shape index (κ1) is 17.9. The van der Waals surface area contributed by atoms with E-state index in [4.69, 9.17) is 4.74 Å². The maximum Gasteiger partial charge on any atom is 0.0478 e. The van der Waals surface area contributed by atoms with Gasteiger partial charge >= 0.3 is 0 Å². The minimum Gasteiger partial charge on any atom is -0.381 e. The van der Waals surface area contributed by atoms with Crippen LogP contribution in [0, 0.1) is 5.92 Å². The zero-order valence-corrected chi connectivity index (χ0v) is 14.0. The molecule has 0 saturated carbocycles. The van der Waals surface area contributed by atoms with E-state index in [1.165, 1.54) is 51.7 Å². The molecule has 1 rings (SSSR count). The van der Waals surface area contributed by atoms with Crippen LogP contribution in [-0.4, -0.2) is 50.3 Å². The molecule has 120 valence electrons. The van der Waals surface area contributed by atoms with Crippen LogP contribution in [0.25, 0.3) is 0 Å². The lowest BCUT2D eigenvalue weighted by Gasteiger charge is -2.35. The van der Waals surface area contributed by atoms with E-state index in [1.807, 2.05) is 0 Å². The van der Waals surface area contributed by atoms with Crippen molar-refractivity contribution in [3.63, 3.8) is 0 Å². The van der Waals surface area contributed by atoms with Crippen LogP contribution in [0.5, 0.6) is 0 Å². The fraction of sp³-hybridized carbons (Fsp3) is 1.00. The van der Waals surface area contributed by atoms with Crippen LogP contribution in [0.3, 0.4) is 0 Å². The van der Waals surface area contributed by atoms with Gasteiger partial charge in [-0.3, -0.25) is 0 Å². The van der Waals surface area contributed by atoms with Gasteiger partial charge in [-0.2, -0.15) is 0 Å². The van der Waals surface area contributed by atoms with Gasteiger partial charge in [0.25, 0.3) is 0 Å². The molecular formula is C17H36N2O. The highest BCUT2D eigenvalue weighted by atomic mass is 16.5. The number of piperidine rings is 1. The van der Waals surface area contributed by atoms with Crippen molar-refractivity contribution in [3.8, 4) is 0 Å². The van der Waals surface area contributed by atoms with Crippen LogP contribution in [0.2, 0.25) is 0 Å². The summed E-state index contributed by atoms with van der Waals surface area (Å²) in [6, 6.07) is 0.661. The monoisotopic (exact) mass is 284 g/mol. The first-order valence-electron chi connectivity index (χ1n) is 8.81. The van der Waals surface area contributed by atoms with Gasteiger partial charge in [0, 0.05) is 19.3 Å². The van der Waals surface area contributed by atoms with Crippen LogP contribution in [-0.2, 0) is 4.74 Å². The summed E-state index contributed by atoms with van der Waals surface area (Å²) in [5, 5.41) is 3.69. The molecule has 1 fully saturated rings. The Morgan fingerprint density at radius 3 is 2.45 bits per heavy atom. The zero-order valence-electron chi connectivity index (χ0n) is 14.0. The Kier molecular flexibility index (Phi) is 10.3. The van der Waals surface area contributed by atoms with Gasteiger partial charge in [0.15, 0.2) is 0 Å². The Morgan fingerprint density at radius 2 is 1.80 bits per heavy atom. The lowest BCUT2D eigenvalue weighted by molar-refractivity contribution is 0.125. The standard InChI is InChI=1S/C17H36N2O/c1-4-6-14-20-15-7-10-18-16(3)17-8-12-19(11-5-2)13-9-17/h16-18H,4-15H2,1-3H3. The second kappa shape index (κ2) is 11.5. The third kappa shape index (κ3) is 7.61. The number of nitrogens with one attached hydrogen (secondary N) is 1. The molecule has 1 aliphatic rings. The molecule has 0 bridgehead atoms. The number of nitrogens with zero attached hydrogens (tertiary/aromatic N) is 1. The fourth-order valence-electron chi connectivity index (χ4n) is 3.01. The molecule has 1 heterocycles. The summed E-state index contributed by atoms with van der Waals surface area (Å²) in [5.74, 6) is 0.865. The number of unbranched alkanes of at least 4 members (excludes halogenated alkanes) is 1. The largest absolute Gasteiger partial charge is 0.381 e. The number of likely N-dealkylation sites (tertiary alicyclic amines) is 1. The molecule has 0 aromatic carbocycles. The number of hydrogen-bond acceptors (Lipinski definition) is 3. The smallest absolute Gasteiger partial charge is 0.0478 e. The van der Waals surface area contributed by atoms with E-state index in [1.54, 1.807) is 0 Å². The third-order valence-electron chi connectivity index (χ3n) is 4.45. The Balaban J connectivity index is 1.98. The molecule has 1 saturated heterocycles. The Bertz CT molecular complexity index is 215. The highest BCUT2D eigenvalue weighted by Crippen LogP contribution is 2.20. The summed E-state index contributed by atoms with van der Waals surface area (Å²) in [6.07, 6.45) is 7.58. The first-order chi connectivity index (χ1) is 9.77. The van der Waals surface area contributed by atoms with Crippen LogP contribution in [0.1, 0.15) is 59.3 Å². The van der Waals surface area contributed by atoms with Crippen molar-refractivity contribution < 1.29 is 4.74 Å². The highest BCUT2D eigenvalue weighted by molar-refractivity contribution is 4.79. The fourth-order valence-corrected chi connectivity index (χ4v) is 3.01. The quantitative estimate of drug-likeness (QED) is 0.589. The average Bonchev–Trinajstić information content (AvgIpc) is 2.47. The van der Waals surface area contributed by atoms with E-state index in [9.17, 15) is 0 Å². The van der Waals surface area contributed by atoms with Crippen molar-refractivity contribution in [2.75, 3.05) is 39.4 Å². The van der Waals surface area contributed by atoms with Gasteiger partial charge in [-0.05, 0) is 71.1 Å². The van der Waals surface area contributed by atoms with E-state index in [0.29, 0.717) is 6.04 Å². The molecule has 0 aromatic rings. The van der Waals surface area contributed by atoms with E-state index >= 15 is 0 Å². The van der Waals surface area contributed by atoms with E-state index in [0.717, 1.165) is 32.1 Å². The van der Waals surface area contributed by atoms with E-state index in [-0.39, 0.29) is 0 Å². The van der Waals surface area contributed by atoms with Gasteiger partial charge in [-0.15, -0.1) is 0 Å². The second-order valence-electron chi connectivity index (χ2n) is 6.24. The van der Waals surface area contributed by atoms with Crippen LogP contribution >= 0.6 is 0 Å². The predicted octanol–water partition coefficient (Wildman–Crippen LogP) is 3.29. The summed E-state index contributed by atoms with van der Waals surface area (Å²) in [4.78, 5) is 2.62. The lowest BCUT2D eigenvalue weighted by Crippen LogP contribution is -2.42. The van der Waals surface area contributed by atoms with Crippen molar-refractivity contribution in [3.05, 3.63) is 0 Å². The van der Waals surface area contributed by atoms with Crippen molar-refractivity contribution in [1.29, 1.82) is 0 Å². The minimum atomic E-state index is 0.661. The van der Waals surface area contributed by atoms with Gasteiger partial charge in [-0.25, -0.2) is 0 Å². The molecule has 0 aliphatic carbocycles. The molecular weight excluding hydrogens is 248 g/mol. The van der Waals surface area contributed by atoms with Gasteiger partial charge in [0.05, 0.1) is 0 Å². The zero-order chi connectivity index (χ0) is 14.6. The molecule has 20 heavy (non-hydrogen) atoms. The molecule has 3 heteroatoms.